The smallest absolute Gasteiger partial charge is 0.279 e. The molecule has 0 atom stereocenters. The molecule has 0 saturated carbocycles. The van der Waals surface area contributed by atoms with Crippen molar-refractivity contribution in [3.05, 3.63) is 89.2 Å². The highest BCUT2D eigenvalue weighted by Gasteiger charge is 2.13. The van der Waals surface area contributed by atoms with Crippen LogP contribution in [0.15, 0.2) is 83.7 Å². The minimum absolute atomic E-state index is 0.138. The topological polar surface area (TPSA) is 44.1 Å². The lowest BCUT2D eigenvalue weighted by Gasteiger charge is -2.11. The molecule has 0 aliphatic rings. The Bertz CT molecular complexity index is 1080. The minimum Gasteiger partial charge on any atom is -0.497 e. The highest BCUT2D eigenvalue weighted by molar-refractivity contribution is 5.93. The Balaban J connectivity index is 2.02. The number of rotatable bonds is 3. The Hall–Kier alpha value is -3.40. The molecule has 0 amide bonds. The number of hydrogen-bond acceptors (Lipinski definition) is 3. The summed E-state index contributed by atoms with van der Waals surface area (Å²) in [6.07, 6.45) is 0. The zero-order valence-corrected chi connectivity index (χ0v) is 13.7. The molecule has 0 radical (unpaired) electrons. The lowest BCUT2D eigenvalue weighted by molar-refractivity contribution is 0.414. The maximum Gasteiger partial charge on any atom is 0.279 e. The zero-order valence-electron chi connectivity index (χ0n) is 13.7. The summed E-state index contributed by atoms with van der Waals surface area (Å²) in [4.78, 5) is 12.9. The number of benzene rings is 3. The van der Waals surface area contributed by atoms with Crippen molar-refractivity contribution in [1.29, 1.82) is 0 Å². The quantitative estimate of drug-likeness (QED) is 0.569. The standard InChI is InChI=1S/C21H16N2O2/c1-25-17-13-11-16(12-14-17)23-21(24)19-10-6-5-9-18(19)20(22-23)15-7-3-2-4-8-15/h2-14H,1H3. The van der Waals surface area contributed by atoms with Gasteiger partial charge in [-0.1, -0.05) is 48.5 Å². The van der Waals surface area contributed by atoms with E-state index in [-0.39, 0.29) is 5.56 Å². The molecule has 0 aliphatic carbocycles. The Morgan fingerprint density at radius 3 is 2.12 bits per heavy atom. The van der Waals surface area contributed by atoms with Crippen LogP contribution in [0.3, 0.4) is 0 Å². The van der Waals surface area contributed by atoms with Crippen LogP contribution in [0, 0.1) is 0 Å². The van der Waals surface area contributed by atoms with Crippen LogP contribution in [-0.2, 0) is 0 Å². The maximum absolute atomic E-state index is 12.9. The number of fused-ring (bicyclic) bond motifs is 1. The van der Waals surface area contributed by atoms with Crippen LogP contribution in [0.5, 0.6) is 5.75 Å². The first-order valence-electron chi connectivity index (χ1n) is 8.00. The normalized spacial score (nSPS) is 10.8. The van der Waals surface area contributed by atoms with Crippen LogP contribution in [-0.4, -0.2) is 16.9 Å². The third kappa shape index (κ3) is 2.68. The molecule has 4 aromatic rings. The zero-order chi connectivity index (χ0) is 17.2. The van der Waals surface area contributed by atoms with Crippen LogP contribution >= 0.6 is 0 Å². The summed E-state index contributed by atoms with van der Waals surface area (Å²) in [5.41, 5.74) is 2.32. The Labute approximate surface area is 144 Å². The number of methoxy groups -OCH3 is 1. The summed E-state index contributed by atoms with van der Waals surface area (Å²) >= 11 is 0. The van der Waals surface area contributed by atoms with E-state index >= 15 is 0 Å². The first-order valence-corrected chi connectivity index (χ1v) is 8.00. The maximum atomic E-state index is 12.9. The first kappa shape index (κ1) is 15.1. The third-order valence-corrected chi connectivity index (χ3v) is 4.17. The Morgan fingerprint density at radius 1 is 0.800 bits per heavy atom. The van der Waals surface area contributed by atoms with Gasteiger partial charge in [-0.15, -0.1) is 0 Å². The second-order valence-electron chi connectivity index (χ2n) is 5.68. The van der Waals surface area contributed by atoms with Crippen molar-refractivity contribution in [2.75, 3.05) is 7.11 Å². The number of aromatic nitrogens is 2. The van der Waals surface area contributed by atoms with Crippen LogP contribution in [0.25, 0.3) is 27.7 Å². The SMILES string of the molecule is COc1ccc(-n2nc(-c3ccccc3)c3ccccc3c2=O)cc1. The van der Waals surface area contributed by atoms with Gasteiger partial charge in [0.15, 0.2) is 0 Å². The fourth-order valence-corrected chi connectivity index (χ4v) is 2.90. The van der Waals surface area contributed by atoms with Gasteiger partial charge in [-0.05, 0) is 30.3 Å². The molecule has 1 aromatic heterocycles. The summed E-state index contributed by atoms with van der Waals surface area (Å²) in [5, 5.41) is 6.16. The van der Waals surface area contributed by atoms with Gasteiger partial charge in [-0.2, -0.15) is 9.78 Å². The van der Waals surface area contributed by atoms with Gasteiger partial charge in [-0.3, -0.25) is 4.79 Å². The molecule has 4 nitrogen and oxygen atoms in total. The van der Waals surface area contributed by atoms with E-state index in [1.54, 1.807) is 7.11 Å². The molecule has 0 saturated heterocycles. The second-order valence-corrected chi connectivity index (χ2v) is 5.68. The van der Waals surface area contributed by atoms with E-state index in [4.69, 9.17) is 4.74 Å². The molecule has 0 spiro atoms. The lowest BCUT2D eigenvalue weighted by atomic mass is 10.1. The molecule has 25 heavy (non-hydrogen) atoms. The van der Waals surface area contributed by atoms with Crippen molar-refractivity contribution < 1.29 is 4.74 Å². The fourth-order valence-electron chi connectivity index (χ4n) is 2.90. The van der Waals surface area contributed by atoms with Crippen LogP contribution < -0.4 is 10.3 Å². The molecular weight excluding hydrogens is 312 g/mol. The summed E-state index contributed by atoms with van der Waals surface area (Å²) in [6, 6.07) is 24.8. The molecule has 4 rings (SSSR count). The monoisotopic (exact) mass is 328 g/mol. The third-order valence-electron chi connectivity index (χ3n) is 4.17. The Morgan fingerprint density at radius 2 is 1.44 bits per heavy atom. The van der Waals surface area contributed by atoms with E-state index < -0.39 is 0 Å². The van der Waals surface area contributed by atoms with Crippen molar-refractivity contribution in [3.8, 4) is 22.7 Å². The number of ether oxygens (including phenoxy) is 1. The van der Waals surface area contributed by atoms with Crippen LogP contribution in [0.4, 0.5) is 0 Å². The van der Waals surface area contributed by atoms with Gasteiger partial charge in [0.1, 0.15) is 5.75 Å². The van der Waals surface area contributed by atoms with E-state index in [0.717, 1.165) is 22.4 Å². The summed E-state index contributed by atoms with van der Waals surface area (Å²) < 4.78 is 6.64. The fraction of sp³-hybridized carbons (Fsp3) is 0.0476. The Kier molecular flexibility index (Phi) is 3.78. The van der Waals surface area contributed by atoms with Gasteiger partial charge in [0.05, 0.1) is 23.9 Å². The molecule has 0 fully saturated rings. The van der Waals surface area contributed by atoms with Crippen LogP contribution in [0.2, 0.25) is 0 Å². The first-order chi connectivity index (χ1) is 12.3. The van der Waals surface area contributed by atoms with Gasteiger partial charge in [0, 0.05) is 10.9 Å². The second kappa shape index (κ2) is 6.24. The van der Waals surface area contributed by atoms with Gasteiger partial charge in [0.2, 0.25) is 0 Å². The number of hydrogen-bond donors (Lipinski definition) is 0. The molecule has 0 unspecified atom stereocenters. The van der Waals surface area contributed by atoms with E-state index in [0.29, 0.717) is 11.1 Å². The lowest BCUT2D eigenvalue weighted by Crippen LogP contribution is -2.22. The van der Waals surface area contributed by atoms with E-state index in [1.165, 1.54) is 4.68 Å². The van der Waals surface area contributed by atoms with Crippen molar-refractivity contribution in [2.24, 2.45) is 0 Å². The van der Waals surface area contributed by atoms with E-state index in [9.17, 15) is 4.79 Å². The highest BCUT2D eigenvalue weighted by Crippen LogP contribution is 2.25. The molecule has 0 N–H and O–H groups in total. The minimum atomic E-state index is -0.138. The summed E-state index contributed by atoms with van der Waals surface area (Å²) in [5.74, 6) is 0.737. The molecular formula is C21H16N2O2. The van der Waals surface area contributed by atoms with Gasteiger partial charge >= 0.3 is 0 Å². The average molecular weight is 328 g/mol. The molecule has 4 heteroatoms. The van der Waals surface area contributed by atoms with Crippen molar-refractivity contribution in [2.45, 2.75) is 0 Å². The molecule has 122 valence electrons. The van der Waals surface area contributed by atoms with Crippen LogP contribution in [0.1, 0.15) is 0 Å². The van der Waals surface area contributed by atoms with Gasteiger partial charge < -0.3 is 4.74 Å². The van der Waals surface area contributed by atoms with Gasteiger partial charge in [-0.25, -0.2) is 0 Å². The number of nitrogens with zero attached hydrogens (tertiary/aromatic N) is 2. The van der Waals surface area contributed by atoms with Crippen molar-refractivity contribution in [1.82, 2.24) is 9.78 Å². The molecule has 0 bridgehead atoms. The predicted molar refractivity (Wildman–Crippen MR) is 99.3 cm³/mol. The molecule has 1 heterocycles. The molecule has 3 aromatic carbocycles. The van der Waals surface area contributed by atoms with Crippen molar-refractivity contribution >= 4 is 10.8 Å². The average Bonchev–Trinajstić information content (AvgIpc) is 2.69. The van der Waals surface area contributed by atoms with E-state index in [1.807, 2.05) is 78.9 Å². The largest absolute Gasteiger partial charge is 0.497 e. The van der Waals surface area contributed by atoms with Gasteiger partial charge in [0.25, 0.3) is 5.56 Å². The van der Waals surface area contributed by atoms with Crippen molar-refractivity contribution in [3.63, 3.8) is 0 Å². The summed E-state index contributed by atoms with van der Waals surface area (Å²) in [6.45, 7) is 0. The molecule has 0 aliphatic heterocycles. The van der Waals surface area contributed by atoms with E-state index in [2.05, 4.69) is 5.10 Å². The summed E-state index contributed by atoms with van der Waals surface area (Å²) in [7, 11) is 1.61. The highest BCUT2D eigenvalue weighted by atomic mass is 16.5. The predicted octanol–water partition coefficient (Wildman–Crippen LogP) is 4.06.